The number of β-amino-alcohol motifs (C(OH)–C–C–N with tert-alkyl or cyclic N) is 1. The summed E-state index contributed by atoms with van der Waals surface area (Å²) in [5.74, 6) is 0.0159. The van der Waals surface area contributed by atoms with Crippen LogP contribution < -0.4 is 0 Å². The van der Waals surface area contributed by atoms with Crippen molar-refractivity contribution in [2.75, 3.05) is 19.7 Å². The Kier molecular flexibility index (Phi) is 4.32. The van der Waals surface area contributed by atoms with E-state index in [4.69, 9.17) is 10.4 Å². The van der Waals surface area contributed by atoms with E-state index in [1.54, 1.807) is 0 Å². The molecule has 1 aliphatic rings. The largest absolute Gasteiger partial charge is 0.396 e. The lowest BCUT2D eigenvalue weighted by Gasteiger charge is -2.35. The van der Waals surface area contributed by atoms with E-state index in [0.717, 1.165) is 25.1 Å². The van der Waals surface area contributed by atoms with Gasteiger partial charge in [0, 0.05) is 25.6 Å². The number of nitrogens with zero attached hydrogens (tertiary/aromatic N) is 2. The molecule has 4 heteroatoms. The molecular formula is C14H18N2O2. The summed E-state index contributed by atoms with van der Waals surface area (Å²) in [4.78, 5) is 2.18. The van der Waals surface area contributed by atoms with Crippen LogP contribution in [0.4, 0.5) is 0 Å². The fraction of sp³-hybridized carbons (Fsp3) is 0.500. The van der Waals surface area contributed by atoms with Gasteiger partial charge in [-0.2, -0.15) is 5.26 Å². The van der Waals surface area contributed by atoms with Crippen molar-refractivity contribution in [1.82, 2.24) is 4.90 Å². The van der Waals surface area contributed by atoms with Gasteiger partial charge in [0.1, 0.15) is 0 Å². The molecule has 0 radical (unpaired) electrons. The molecule has 2 rings (SSSR count). The Hall–Kier alpha value is -1.41. The molecule has 2 N–H and O–H groups in total. The van der Waals surface area contributed by atoms with Crippen LogP contribution in [0.2, 0.25) is 0 Å². The summed E-state index contributed by atoms with van der Waals surface area (Å²) >= 11 is 0. The smallest absolute Gasteiger partial charge is 0.0991 e. The van der Waals surface area contributed by atoms with Gasteiger partial charge in [0.2, 0.25) is 0 Å². The summed E-state index contributed by atoms with van der Waals surface area (Å²) in [5.41, 5.74) is 1.81. The maximum Gasteiger partial charge on any atom is 0.0991 e. The molecule has 0 bridgehead atoms. The molecule has 2 atom stereocenters. The third kappa shape index (κ3) is 3.08. The number of hydrogen-bond donors (Lipinski definition) is 2. The molecule has 4 nitrogen and oxygen atoms in total. The van der Waals surface area contributed by atoms with E-state index in [9.17, 15) is 5.11 Å². The van der Waals surface area contributed by atoms with Crippen molar-refractivity contribution in [3.05, 3.63) is 35.4 Å². The monoisotopic (exact) mass is 246 g/mol. The number of benzene rings is 1. The second-order valence-electron chi connectivity index (χ2n) is 4.84. The van der Waals surface area contributed by atoms with Crippen LogP contribution >= 0.6 is 0 Å². The van der Waals surface area contributed by atoms with E-state index in [1.807, 2.05) is 24.3 Å². The Balaban J connectivity index is 1.92. The van der Waals surface area contributed by atoms with Crippen molar-refractivity contribution < 1.29 is 10.2 Å². The SMILES string of the molecule is N#Cc1ccc(CN2CC[C@H](CO)[C@@H](O)C2)cc1. The van der Waals surface area contributed by atoms with E-state index < -0.39 is 6.10 Å². The number of piperidine rings is 1. The van der Waals surface area contributed by atoms with Gasteiger partial charge in [-0.15, -0.1) is 0 Å². The van der Waals surface area contributed by atoms with Gasteiger partial charge in [0.15, 0.2) is 0 Å². The van der Waals surface area contributed by atoms with Gasteiger partial charge in [0.05, 0.1) is 17.7 Å². The fourth-order valence-corrected chi connectivity index (χ4v) is 2.35. The van der Waals surface area contributed by atoms with Crippen molar-refractivity contribution in [3.63, 3.8) is 0 Å². The molecule has 18 heavy (non-hydrogen) atoms. The summed E-state index contributed by atoms with van der Waals surface area (Å²) in [6.45, 7) is 2.33. The van der Waals surface area contributed by atoms with Gasteiger partial charge in [-0.25, -0.2) is 0 Å². The predicted molar refractivity (Wildman–Crippen MR) is 67.6 cm³/mol. The third-order valence-corrected chi connectivity index (χ3v) is 3.53. The summed E-state index contributed by atoms with van der Waals surface area (Å²) in [5, 5.41) is 27.7. The molecule has 1 aromatic rings. The van der Waals surface area contributed by atoms with Gasteiger partial charge >= 0.3 is 0 Å². The van der Waals surface area contributed by atoms with Crippen molar-refractivity contribution in [2.24, 2.45) is 5.92 Å². The molecule has 1 aromatic carbocycles. The lowest BCUT2D eigenvalue weighted by molar-refractivity contribution is -0.00443. The van der Waals surface area contributed by atoms with Crippen molar-refractivity contribution in [1.29, 1.82) is 5.26 Å². The minimum absolute atomic E-state index is 0.0159. The maximum absolute atomic E-state index is 9.85. The fourth-order valence-electron chi connectivity index (χ4n) is 2.35. The van der Waals surface area contributed by atoms with Crippen LogP contribution in [-0.2, 0) is 6.54 Å². The first-order chi connectivity index (χ1) is 8.72. The van der Waals surface area contributed by atoms with Crippen LogP contribution in [0.25, 0.3) is 0 Å². The maximum atomic E-state index is 9.85. The van der Waals surface area contributed by atoms with E-state index >= 15 is 0 Å². The molecule has 1 heterocycles. The normalized spacial score (nSPS) is 24.7. The second kappa shape index (κ2) is 5.96. The van der Waals surface area contributed by atoms with Gasteiger partial charge in [-0.05, 0) is 30.7 Å². The van der Waals surface area contributed by atoms with E-state index in [2.05, 4.69) is 11.0 Å². The molecule has 0 saturated carbocycles. The minimum atomic E-state index is -0.442. The molecule has 0 unspecified atom stereocenters. The van der Waals surface area contributed by atoms with Crippen LogP contribution in [-0.4, -0.2) is 40.9 Å². The standard InChI is InChI=1S/C14H18N2O2/c15-7-11-1-3-12(4-2-11)8-16-6-5-13(10-17)14(18)9-16/h1-4,13-14,17-18H,5-6,8-10H2/t13-,14+/m1/s1. The zero-order chi connectivity index (χ0) is 13.0. The van der Waals surface area contributed by atoms with Crippen LogP contribution in [0.5, 0.6) is 0 Å². The number of likely N-dealkylation sites (tertiary alicyclic amines) is 1. The number of rotatable bonds is 3. The van der Waals surface area contributed by atoms with Gasteiger partial charge in [0.25, 0.3) is 0 Å². The Labute approximate surface area is 107 Å². The molecule has 1 saturated heterocycles. The third-order valence-electron chi connectivity index (χ3n) is 3.53. The lowest BCUT2D eigenvalue weighted by Crippen LogP contribution is -2.44. The summed E-state index contributed by atoms with van der Waals surface area (Å²) < 4.78 is 0. The highest BCUT2D eigenvalue weighted by atomic mass is 16.3. The van der Waals surface area contributed by atoms with Crippen molar-refractivity contribution in [2.45, 2.75) is 19.1 Å². The topological polar surface area (TPSA) is 67.5 Å². The highest BCUT2D eigenvalue weighted by Crippen LogP contribution is 2.19. The first-order valence-corrected chi connectivity index (χ1v) is 6.23. The Morgan fingerprint density at radius 1 is 1.33 bits per heavy atom. The Bertz CT molecular complexity index is 424. The average Bonchev–Trinajstić information content (AvgIpc) is 2.40. The number of aliphatic hydroxyl groups is 2. The van der Waals surface area contributed by atoms with Gasteiger partial charge in [-0.3, -0.25) is 4.90 Å². The zero-order valence-electron chi connectivity index (χ0n) is 10.3. The highest BCUT2D eigenvalue weighted by molar-refractivity contribution is 5.31. The number of aliphatic hydroxyl groups excluding tert-OH is 2. The molecule has 0 aromatic heterocycles. The van der Waals surface area contributed by atoms with Crippen LogP contribution in [0, 0.1) is 17.2 Å². The van der Waals surface area contributed by atoms with E-state index in [1.165, 1.54) is 0 Å². The van der Waals surface area contributed by atoms with Gasteiger partial charge < -0.3 is 10.2 Å². The van der Waals surface area contributed by atoms with Crippen LogP contribution in [0.1, 0.15) is 17.5 Å². The second-order valence-corrected chi connectivity index (χ2v) is 4.84. The van der Waals surface area contributed by atoms with Crippen molar-refractivity contribution in [3.8, 4) is 6.07 Å². The van der Waals surface area contributed by atoms with Crippen LogP contribution in [0.15, 0.2) is 24.3 Å². The van der Waals surface area contributed by atoms with E-state index in [0.29, 0.717) is 12.1 Å². The van der Waals surface area contributed by atoms with E-state index in [-0.39, 0.29) is 12.5 Å². The lowest BCUT2D eigenvalue weighted by atomic mass is 9.94. The number of nitriles is 1. The Morgan fingerprint density at radius 3 is 2.61 bits per heavy atom. The zero-order valence-corrected chi connectivity index (χ0v) is 10.3. The molecule has 96 valence electrons. The first kappa shape index (κ1) is 13.0. The number of hydrogen-bond acceptors (Lipinski definition) is 4. The summed E-state index contributed by atoms with van der Waals surface area (Å²) in [6.07, 6.45) is 0.385. The summed E-state index contributed by atoms with van der Waals surface area (Å²) in [6, 6.07) is 9.62. The Morgan fingerprint density at radius 2 is 2.06 bits per heavy atom. The van der Waals surface area contributed by atoms with Gasteiger partial charge in [-0.1, -0.05) is 12.1 Å². The molecular weight excluding hydrogens is 228 g/mol. The first-order valence-electron chi connectivity index (χ1n) is 6.23. The summed E-state index contributed by atoms with van der Waals surface area (Å²) in [7, 11) is 0. The molecule has 0 spiro atoms. The molecule has 0 amide bonds. The molecule has 0 aliphatic carbocycles. The quantitative estimate of drug-likeness (QED) is 0.825. The van der Waals surface area contributed by atoms with Crippen molar-refractivity contribution >= 4 is 0 Å². The molecule has 1 fully saturated rings. The van der Waals surface area contributed by atoms with Crippen LogP contribution in [0.3, 0.4) is 0 Å². The predicted octanol–water partition coefficient (Wildman–Crippen LogP) is 0.733. The molecule has 1 aliphatic heterocycles. The minimum Gasteiger partial charge on any atom is -0.396 e. The average molecular weight is 246 g/mol. The highest BCUT2D eigenvalue weighted by Gasteiger charge is 2.26.